The Hall–Kier alpha value is -0.580. The topological polar surface area (TPSA) is 49.3 Å². The molecule has 0 aliphatic carbocycles. The van der Waals surface area contributed by atoms with Crippen LogP contribution in [0.4, 0.5) is 0 Å². The van der Waals surface area contributed by atoms with Gasteiger partial charge in [-0.3, -0.25) is 4.79 Å². The number of aliphatic hydroxyl groups excluding tert-OH is 1. The van der Waals surface area contributed by atoms with Gasteiger partial charge < -0.3 is 10.4 Å². The second kappa shape index (κ2) is 7.12. The summed E-state index contributed by atoms with van der Waals surface area (Å²) in [6.45, 7) is 4.07. The summed E-state index contributed by atoms with van der Waals surface area (Å²) in [5.74, 6) is 0.0792. The van der Waals surface area contributed by atoms with E-state index in [1.165, 1.54) is 0 Å². The van der Waals surface area contributed by atoms with Crippen LogP contribution in [0.25, 0.3) is 0 Å². The van der Waals surface area contributed by atoms with E-state index < -0.39 is 0 Å². The van der Waals surface area contributed by atoms with Crippen LogP contribution in [0.1, 0.15) is 30.6 Å². The molecule has 0 radical (unpaired) electrons. The first-order valence-electron chi connectivity index (χ1n) is 5.82. The van der Waals surface area contributed by atoms with E-state index in [9.17, 15) is 4.79 Å². The number of carbonyl (C=O) groups excluding carboxylic acids is 1. The van der Waals surface area contributed by atoms with Crippen molar-refractivity contribution in [2.75, 3.05) is 6.61 Å². The molecule has 5 heteroatoms. The summed E-state index contributed by atoms with van der Waals surface area (Å²) in [6.07, 6.45) is 0.543. The van der Waals surface area contributed by atoms with Crippen LogP contribution in [-0.4, -0.2) is 23.7 Å². The Balaban J connectivity index is 2.83. The summed E-state index contributed by atoms with van der Waals surface area (Å²) < 4.78 is 0.705. The molecule has 0 spiro atoms. The third-order valence-corrected chi connectivity index (χ3v) is 3.66. The van der Waals surface area contributed by atoms with Crippen molar-refractivity contribution < 1.29 is 9.90 Å². The highest BCUT2D eigenvalue weighted by molar-refractivity contribution is 9.10. The summed E-state index contributed by atoms with van der Waals surface area (Å²) in [5.41, 5.74) is 0.506. The molecule has 18 heavy (non-hydrogen) atoms. The van der Waals surface area contributed by atoms with Gasteiger partial charge in [-0.15, -0.1) is 0 Å². The van der Waals surface area contributed by atoms with E-state index >= 15 is 0 Å². The summed E-state index contributed by atoms with van der Waals surface area (Å²) in [6, 6.07) is 5.04. The van der Waals surface area contributed by atoms with Crippen LogP contribution in [-0.2, 0) is 0 Å². The molecular weight excluding hydrogens is 318 g/mol. The van der Waals surface area contributed by atoms with Crippen LogP contribution in [0.5, 0.6) is 0 Å². The number of nitrogens with one attached hydrogen (secondary N) is 1. The van der Waals surface area contributed by atoms with E-state index in [-0.39, 0.29) is 24.5 Å². The molecular formula is C13H17BrClNO2. The fourth-order valence-electron chi connectivity index (χ4n) is 1.63. The average Bonchev–Trinajstić information content (AvgIpc) is 2.31. The summed E-state index contributed by atoms with van der Waals surface area (Å²) in [4.78, 5) is 12.1. The monoisotopic (exact) mass is 333 g/mol. The molecule has 3 nitrogen and oxygen atoms in total. The lowest BCUT2D eigenvalue weighted by Gasteiger charge is -2.21. The predicted octanol–water partition coefficient (Wildman–Crippen LogP) is 3.24. The van der Waals surface area contributed by atoms with Crippen molar-refractivity contribution in [3.8, 4) is 0 Å². The van der Waals surface area contributed by atoms with E-state index in [0.29, 0.717) is 21.5 Å². The molecule has 1 rings (SSSR count). The average molecular weight is 335 g/mol. The number of hydrogen-bond acceptors (Lipinski definition) is 2. The fourth-order valence-corrected chi connectivity index (χ4v) is 2.23. The van der Waals surface area contributed by atoms with E-state index in [1.54, 1.807) is 18.2 Å². The molecule has 1 aromatic rings. The summed E-state index contributed by atoms with van der Waals surface area (Å²) in [5, 5.41) is 12.4. The minimum absolute atomic E-state index is 0.0478. The molecule has 1 atom stereocenters. The van der Waals surface area contributed by atoms with Gasteiger partial charge in [0.2, 0.25) is 0 Å². The van der Waals surface area contributed by atoms with Crippen LogP contribution in [0, 0.1) is 5.92 Å². The molecule has 0 aliphatic rings. The molecule has 1 amide bonds. The smallest absolute Gasteiger partial charge is 0.252 e. The Morgan fingerprint density at radius 2 is 2.17 bits per heavy atom. The third kappa shape index (κ3) is 4.26. The van der Waals surface area contributed by atoms with Crippen LogP contribution < -0.4 is 5.32 Å². The normalized spacial score (nSPS) is 12.6. The zero-order chi connectivity index (χ0) is 13.7. The molecule has 0 aliphatic heterocycles. The zero-order valence-corrected chi connectivity index (χ0v) is 12.8. The van der Waals surface area contributed by atoms with E-state index in [1.807, 2.05) is 13.8 Å². The Morgan fingerprint density at radius 1 is 1.50 bits per heavy atom. The van der Waals surface area contributed by atoms with Crippen LogP contribution in [0.15, 0.2) is 22.7 Å². The number of carbonyl (C=O) groups is 1. The quantitative estimate of drug-likeness (QED) is 0.868. The maximum Gasteiger partial charge on any atom is 0.252 e. The Kier molecular flexibility index (Phi) is 6.12. The molecule has 100 valence electrons. The van der Waals surface area contributed by atoms with Gasteiger partial charge in [0.15, 0.2) is 0 Å². The van der Waals surface area contributed by atoms with E-state index in [2.05, 4.69) is 21.2 Å². The Labute approximate surface area is 121 Å². The van der Waals surface area contributed by atoms with Gasteiger partial charge in [0.1, 0.15) is 0 Å². The minimum Gasteiger partial charge on any atom is -0.396 e. The molecule has 0 fully saturated rings. The molecule has 0 saturated heterocycles. The predicted molar refractivity (Wildman–Crippen MR) is 76.9 cm³/mol. The first-order chi connectivity index (χ1) is 8.45. The lowest BCUT2D eigenvalue weighted by molar-refractivity contribution is 0.0916. The van der Waals surface area contributed by atoms with E-state index in [4.69, 9.17) is 16.7 Å². The highest BCUT2D eigenvalue weighted by Crippen LogP contribution is 2.21. The van der Waals surface area contributed by atoms with Gasteiger partial charge in [-0.25, -0.2) is 0 Å². The second-order valence-electron chi connectivity index (χ2n) is 4.46. The van der Waals surface area contributed by atoms with Gasteiger partial charge in [0.25, 0.3) is 5.91 Å². The molecule has 1 unspecified atom stereocenters. The number of benzene rings is 1. The lowest BCUT2D eigenvalue weighted by Crippen LogP contribution is -2.39. The van der Waals surface area contributed by atoms with Gasteiger partial charge >= 0.3 is 0 Å². The van der Waals surface area contributed by atoms with Gasteiger partial charge in [-0.05, 0) is 46.5 Å². The maximum atomic E-state index is 12.1. The van der Waals surface area contributed by atoms with Crippen molar-refractivity contribution in [2.45, 2.75) is 26.3 Å². The summed E-state index contributed by atoms with van der Waals surface area (Å²) in [7, 11) is 0. The number of aliphatic hydroxyl groups is 1. The maximum absolute atomic E-state index is 12.1. The SMILES string of the molecule is CC(C)C(CCO)NC(=O)c1cc(Cl)ccc1Br. The fraction of sp³-hybridized carbons (Fsp3) is 0.462. The molecule has 2 N–H and O–H groups in total. The first kappa shape index (κ1) is 15.5. The summed E-state index contributed by atoms with van der Waals surface area (Å²) >= 11 is 9.21. The Morgan fingerprint density at radius 3 is 2.72 bits per heavy atom. The van der Waals surface area contributed by atoms with Gasteiger partial charge in [0, 0.05) is 22.1 Å². The highest BCUT2D eigenvalue weighted by Gasteiger charge is 2.18. The first-order valence-corrected chi connectivity index (χ1v) is 6.99. The van der Waals surface area contributed by atoms with Crippen molar-refractivity contribution in [1.82, 2.24) is 5.32 Å². The largest absolute Gasteiger partial charge is 0.396 e. The molecule has 0 bridgehead atoms. The molecule has 0 heterocycles. The van der Waals surface area contributed by atoms with Gasteiger partial charge in [-0.1, -0.05) is 25.4 Å². The number of rotatable bonds is 5. The number of amides is 1. The zero-order valence-electron chi connectivity index (χ0n) is 10.4. The van der Waals surface area contributed by atoms with Crippen molar-refractivity contribution in [3.63, 3.8) is 0 Å². The van der Waals surface area contributed by atoms with E-state index in [0.717, 1.165) is 0 Å². The molecule has 0 saturated carbocycles. The van der Waals surface area contributed by atoms with Crippen LogP contribution in [0.2, 0.25) is 5.02 Å². The minimum atomic E-state index is -0.184. The van der Waals surface area contributed by atoms with Gasteiger partial charge in [-0.2, -0.15) is 0 Å². The second-order valence-corrected chi connectivity index (χ2v) is 5.75. The number of halogens is 2. The third-order valence-electron chi connectivity index (χ3n) is 2.73. The van der Waals surface area contributed by atoms with Crippen molar-refractivity contribution in [2.24, 2.45) is 5.92 Å². The van der Waals surface area contributed by atoms with Crippen LogP contribution >= 0.6 is 27.5 Å². The molecule has 1 aromatic carbocycles. The highest BCUT2D eigenvalue weighted by atomic mass is 79.9. The van der Waals surface area contributed by atoms with Crippen LogP contribution in [0.3, 0.4) is 0 Å². The van der Waals surface area contributed by atoms with Gasteiger partial charge in [0.05, 0.1) is 5.56 Å². The standard InChI is InChI=1S/C13H17BrClNO2/c1-8(2)12(5-6-17)16-13(18)10-7-9(15)3-4-11(10)14/h3-4,7-8,12,17H,5-6H2,1-2H3,(H,16,18). The van der Waals surface area contributed by atoms with Crippen molar-refractivity contribution in [1.29, 1.82) is 0 Å². The van der Waals surface area contributed by atoms with Crippen molar-refractivity contribution in [3.05, 3.63) is 33.3 Å². The lowest BCUT2D eigenvalue weighted by atomic mass is 10.0. The molecule has 0 aromatic heterocycles. The number of hydrogen-bond donors (Lipinski definition) is 2. The Bertz CT molecular complexity index is 423. The van der Waals surface area contributed by atoms with Crippen molar-refractivity contribution >= 4 is 33.4 Å².